The van der Waals surface area contributed by atoms with Crippen LogP contribution in [0.25, 0.3) is 10.8 Å². The number of benzene rings is 2. The van der Waals surface area contributed by atoms with E-state index >= 15 is 0 Å². The smallest absolute Gasteiger partial charge is 0.420 e. The molecule has 13 heteroatoms. The van der Waals surface area contributed by atoms with Gasteiger partial charge in [-0.3, -0.25) is 14.6 Å². The second-order valence-corrected chi connectivity index (χ2v) is 13.4. The van der Waals surface area contributed by atoms with E-state index in [-0.39, 0.29) is 70.6 Å². The molecule has 5 aliphatic rings. The van der Waals surface area contributed by atoms with Crippen LogP contribution in [0.1, 0.15) is 43.4 Å². The Balaban J connectivity index is 1.20. The lowest BCUT2D eigenvalue weighted by molar-refractivity contribution is -0.129. The lowest BCUT2D eigenvalue weighted by atomic mass is 9.95. The molecule has 3 atom stereocenters. The van der Waals surface area contributed by atoms with Crippen LogP contribution in [-0.4, -0.2) is 87.3 Å². The number of hydrogen-bond donors (Lipinski definition) is 1. The molecule has 0 aliphatic carbocycles. The van der Waals surface area contributed by atoms with Gasteiger partial charge in [-0.25, -0.2) is 9.18 Å². The first kappa shape index (κ1) is 30.9. The number of aromatic nitrogens is 2. The largest absolute Gasteiger partial charge is 0.508 e. The number of ether oxygens (including phenoxy) is 2. The molecule has 0 spiro atoms. The summed E-state index contributed by atoms with van der Waals surface area (Å²) in [7, 11) is 0. The Kier molecular flexibility index (Phi) is 7.34. The van der Waals surface area contributed by atoms with Gasteiger partial charge in [-0.05, 0) is 68.8 Å². The van der Waals surface area contributed by atoms with Gasteiger partial charge in [-0.15, -0.1) is 6.42 Å². The standard InChI is InChI=1S/C36H34FN7O5/c1-3-25-26(37)8-7-21-14-24(45)15-28(31(21)25)43-18-27-32(49-35(43)47)33(40-34(39-27)48-20-36-9-5-11-42(36)12-6-10-36)41-17-23-13-22(16-38)29(19-41)44(23)30(46)4-2/h1,4,7-8,14-15,22-23,29,45H,2,5-6,9-13,17-20H2/t22-,23-,29-/m0/s1. The Bertz CT molecular complexity index is 2000. The molecule has 8 rings (SSSR count). The Hall–Kier alpha value is -5.40. The SMILES string of the molecule is C#Cc1c(F)ccc2cc(O)cc(N3Cc4nc(OCC56CCCN5CCC6)nc(N5C[C@@H]6C[C@@H](C#N)[C@H](C5)N6C(=O)C=C)c4OC3=O)c12. The number of carbonyl (C=O) groups excluding carboxylic acids is 2. The number of halogens is 1. The van der Waals surface area contributed by atoms with E-state index in [1.165, 1.54) is 35.2 Å². The molecular formula is C36H34FN7O5. The highest BCUT2D eigenvalue weighted by atomic mass is 19.1. The van der Waals surface area contributed by atoms with E-state index in [1.54, 1.807) is 4.90 Å². The molecule has 1 aromatic heterocycles. The number of carbonyl (C=O) groups is 2. The molecule has 0 saturated carbocycles. The summed E-state index contributed by atoms with van der Waals surface area (Å²) < 4.78 is 27.3. The van der Waals surface area contributed by atoms with Crippen molar-refractivity contribution in [1.82, 2.24) is 19.8 Å². The second-order valence-electron chi connectivity index (χ2n) is 13.4. The van der Waals surface area contributed by atoms with E-state index < -0.39 is 18.0 Å². The molecule has 2 amide bonds. The number of phenols is 1. The molecule has 12 nitrogen and oxygen atoms in total. The van der Waals surface area contributed by atoms with E-state index in [4.69, 9.17) is 25.9 Å². The molecule has 250 valence electrons. The maximum absolute atomic E-state index is 14.9. The highest BCUT2D eigenvalue weighted by Crippen LogP contribution is 2.44. The molecule has 0 radical (unpaired) electrons. The zero-order valence-electron chi connectivity index (χ0n) is 26.8. The van der Waals surface area contributed by atoms with Crippen LogP contribution in [0.2, 0.25) is 0 Å². The number of amides is 2. The monoisotopic (exact) mass is 663 g/mol. The number of nitrogens with zero attached hydrogens (tertiary/aromatic N) is 7. The summed E-state index contributed by atoms with van der Waals surface area (Å²) >= 11 is 0. The molecule has 2 bridgehead atoms. The van der Waals surface area contributed by atoms with Gasteiger partial charge in [0, 0.05) is 24.5 Å². The van der Waals surface area contributed by atoms with Gasteiger partial charge in [0.2, 0.25) is 5.91 Å². The first-order valence-corrected chi connectivity index (χ1v) is 16.5. The van der Waals surface area contributed by atoms with Crippen LogP contribution in [0.5, 0.6) is 17.5 Å². The summed E-state index contributed by atoms with van der Waals surface area (Å²) in [6, 6.07) is 7.27. The Morgan fingerprint density at radius 2 is 2.04 bits per heavy atom. The molecule has 4 fully saturated rings. The molecule has 2 aromatic carbocycles. The zero-order chi connectivity index (χ0) is 34.0. The third-order valence-corrected chi connectivity index (χ3v) is 10.8. The van der Waals surface area contributed by atoms with Crippen molar-refractivity contribution in [1.29, 1.82) is 5.26 Å². The zero-order valence-corrected chi connectivity index (χ0v) is 26.8. The van der Waals surface area contributed by atoms with E-state index in [1.807, 2.05) is 4.90 Å². The van der Waals surface area contributed by atoms with Gasteiger partial charge in [0.15, 0.2) is 11.6 Å². The third kappa shape index (κ3) is 4.91. The minimum absolute atomic E-state index is 0.0510. The molecule has 0 unspecified atom stereocenters. The summed E-state index contributed by atoms with van der Waals surface area (Å²) in [4.78, 5) is 43.6. The summed E-state index contributed by atoms with van der Waals surface area (Å²) in [6.45, 7) is 6.61. The van der Waals surface area contributed by atoms with Crippen LogP contribution in [0.3, 0.4) is 0 Å². The number of hydrogen-bond acceptors (Lipinski definition) is 10. The number of aromatic hydroxyl groups is 1. The second kappa shape index (κ2) is 11.6. The fraction of sp³-hybridized carbons (Fsp3) is 0.417. The molecule has 4 saturated heterocycles. The van der Waals surface area contributed by atoms with Crippen LogP contribution in [0.4, 0.5) is 20.7 Å². The van der Waals surface area contributed by atoms with Crippen LogP contribution in [-0.2, 0) is 11.3 Å². The van der Waals surface area contributed by atoms with Gasteiger partial charge in [-0.1, -0.05) is 18.6 Å². The van der Waals surface area contributed by atoms with E-state index in [0.717, 1.165) is 38.8 Å². The first-order valence-electron chi connectivity index (χ1n) is 16.5. The topological polar surface area (TPSA) is 135 Å². The predicted octanol–water partition coefficient (Wildman–Crippen LogP) is 4.10. The number of terminal acetylenes is 1. The quantitative estimate of drug-likeness (QED) is 0.304. The van der Waals surface area contributed by atoms with Gasteiger partial charge in [-0.2, -0.15) is 15.2 Å². The number of rotatable bonds is 6. The highest BCUT2D eigenvalue weighted by molar-refractivity contribution is 6.06. The van der Waals surface area contributed by atoms with Crippen molar-refractivity contribution < 1.29 is 28.6 Å². The fourth-order valence-corrected chi connectivity index (χ4v) is 8.63. The first-order chi connectivity index (χ1) is 23.7. The summed E-state index contributed by atoms with van der Waals surface area (Å²) in [5.41, 5.74) is 0.378. The van der Waals surface area contributed by atoms with Gasteiger partial charge < -0.3 is 24.4 Å². The van der Waals surface area contributed by atoms with Crippen LogP contribution >= 0.6 is 0 Å². The molecule has 1 N–H and O–H groups in total. The highest BCUT2D eigenvalue weighted by Gasteiger charge is 2.50. The summed E-state index contributed by atoms with van der Waals surface area (Å²) in [5, 5.41) is 21.3. The van der Waals surface area contributed by atoms with Crippen molar-refractivity contribution >= 4 is 34.3 Å². The van der Waals surface area contributed by atoms with Crippen molar-refractivity contribution in [3.8, 4) is 35.9 Å². The molecule has 5 aliphatic heterocycles. The number of fused-ring (bicyclic) bond motifs is 5. The molecular weight excluding hydrogens is 629 g/mol. The minimum Gasteiger partial charge on any atom is -0.508 e. The molecule has 49 heavy (non-hydrogen) atoms. The van der Waals surface area contributed by atoms with Gasteiger partial charge >= 0.3 is 12.1 Å². The maximum Gasteiger partial charge on any atom is 0.420 e. The predicted molar refractivity (Wildman–Crippen MR) is 177 cm³/mol. The Labute approximate surface area is 282 Å². The maximum atomic E-state index is 14.9. The van der Waals surface area contributed by atoms with Gasteiger partial charge in [0.25, 0.3) is 0 Å². The van der Waals surface area contributed by atoms with Crippen LogP contribution in [0.15, 0.2) is 36.9 Å². The summed E-state index contributed by atoms with van der Waals surface area (Å²) in [6.07, 6.45) is 10.9. The lowest BCUT2D eigenvalue weighted by Gasteiger charge is -2.42. The van der Waals surface area contributed by atoms with Crippen molar-refractivity contribution in [2.45, 2.75) is 56.3 Å². The average Bonchev–Trinajstić information content (AvgIpc) is 3.75. The van der Waals surface area contributed by atoms with Crippen LogP contribution < -0.4 is 19.3 Å². The summed E-state index contributed by atoms with van der Waals surface area (Å²) in [5.74, 6) is 1.45. The minimum atomic E-state index is -0.796. The third-order valence-electron chi connectivity index (χ3n) is 10.8. The number of nitriles is 1. The normalized spacial score (nSPS) is 23.9. The van der Waals surface area contributed by atoms with Crippen molar-refractivity contribution in [3.05, 3.63) is 54.0 Å². The number of phenolic OH excluding ortho intramolecular Hbond substituents is 1. The van der Waals surface area contributed by atoms with E-state index in [0.29, 0.717) is 36.5 Å². The Morgan fingerprint density at radius 1 is 1.24 bits per heavy atom. The Morgan fingerprint density at radius 3 is 2.78 bits per heavy atom. The molecule has 3 aromatic rings. The van der Waals surface area contributed by atoms with Gasteiger partial charge in [0.05, 0.1) is 47.4 Å². The van der Waals surface area contributed by atoms with Gasteiger partial charge in [0.1, 0.15) is 23.9 Å². The average molecular weight is 664 g/mol. The van der Waals surface area contributed by atoms with E-state index in [9.17, 15) is 24.3 Å². The molecule has 6 heterocycles. The number of piperazine rings is 1. The van der Waals surface area contributed by atoms with Crippen molar-refractivity contribution in [2.24, 2.45) is 5.92 Å². The van der Waals surface area contributed by atoms with Crippen molar-refractivity contribution in [3.63, 3.8) is 0 Å². The lowest BCUT2D eigenvalue weighted by Crippen LogP contribution is -2.56. The van der Waals surface area contributed by atoms with E-state index in [2.05, 4.69) is 23.5 Å². The number of anilines is 2. The van der Waals surface area contributed by atoms with Crippen LogP contribution in [0, 0.1) is 35.4 Å². The fourth-order valence-electron chi connectivity index (χ4n) is 8.63. The van der Waals surface area contributed by atoms with Crippen molar-refractivity contribution in [2.75, 3.05) is 42.6 Å².